The number of hydrogen-bond acceptors (Lipinski definition) is 11. The third-order valence-electron chi connectivity index (χ3n) is 15.1. The minimum atomic E-state index is -1.22. The molecule has 2 saturated carbocycles. The Hall–Kier alpha value is -3.16. The highest BCUT2D eigenvalue weighted by Gasteiger charge is 2.75. The smallest absolute Gasteiger partial charge is 0.413 e. The van der Waals surface area contributed by atoms with Gasteiger partial charge in [0, 0.05) is 46.6 Å². The van der Waals surface area contributed by atoms with Crippen LogP contribution in [0.3, 0.4) is 0 Å². The van der Waals surface area contributed by atoms with E-state index in [9.17, 15) is 14.7 Å². The number of amides is 1. The predicted octanol–water partition coefficient (Wildman–Crippen LogP) is 8.16. The number of nitrogens with zero attached hydrogens (tertiary/aromatic N) is 1. The maximum atomic E-state index is 15.0. The summed E-state index contributed by atoms with van der Waals surface area (Å²) in [5, 5.41) is 12.6. The van der Waals surface area contributed by atoms with Crippen LogP contribution in [0.5, 0.6) is 11.5 Å². The van der Waals surface area contributed by atoms with Gasteiger partial charge in [-0.3, -0.25) is 4.90 Å². The van der Waals surface area contributed by atoms with Gasteiger partial charge in [0.25, 0.3) is 0 Å². The van der Waals surface area contributed by atoms with Crippen molar-refractivity contribution in [2.24, 2.45) is 39.9 Å². The Balaban J connectivity index is 1.30. The zero-order valence-electron chi connectivity index (χ0n) is 37.8. The van der Waals surface area contributed by atoms with Gasteiger partial charge in [-0.2, -0.15) is 0 Å². The van der Waals surface area contributed by atoms with Crippen LogP contribution >= 0.6 is 0 Å². The molecule has 2 unspecified atom stereocenters. The number of benzene rings is 1. The molecule has 1 amide bonds. The highest BCUT2D eigenvalue weighted by molar-refractivity contribution is 5.79. The number of rotatable bonds is 9. The fourth-order valence-corrected chi connectivity index (χ4v) is 12.9. The molecule has 12 nitrogen and oxygen atoms in total. The van der Waals surface area contributed by atoms with E-state index in [1.807, 2.05) is 55.4 Å². The Morgan fingerprint density at radius 2 is 1.75 bits per heavy atom. The molecule has 14 atom stereocenters. The maximum absolute atomic E-state index is 15.0. The molecular formula is C47H69NO11. The molecule has 7 rings (SSSR count). The molecule has 3 heterocycles. The van der Waals surface area contributed by atoms with Crippen molar-refractivity contribution in [3.05, 3.63) is 47.6 Å². The number of aliphatic hydroxyl groups is 1. The minimum absolute atomic E-state index is 0.00986. The van der Waals surface area contributed by atoms with Crippen molar-refractivity contribution in [3.63, 3.8) is 0 Å². The molecule has 3 aliphatic heterocycles. The number of hydrogen-bond donors (Lipinski definition) is 1. The number of fused-ring (bicyclic) bond motifs is 3. The second kappa shape index (κ2) is 15.0. The van der Waals surface area contributed by atoms with Gasteiger partial charge in [-0.25, -0.2) is 9.59 Å². The summed E-state index contributed by atoms with van der Waals surface area (Å²) in [4.78, 5) is 30.7. The number of methoxy groups -OCH3 is 2. The lowest BCUT2D eigenvalue weighted by Crippen LogP contribution is -2.73. The van der Waals surface area contributed by atoms with Crippen LogP contribution in [0.2, 0.25) is 0 Å². The van der Waals surface area contributed by atoms with Gasteiger partial charge in [0.15, 0.2) is 18.6 Å². The summed E-state index contributed by atoms with van der Waals surface area (Å²) in [5.41, 5.74) is -0.907. The van der Waals surface area contributed by atoms with Gasteiger partial charge in [0.2, 0.25) is 0 Å². The SMILES string of the molecule is C=CC1O[C@H]2C[C@H]3OC[C@@]3(C)[C@H]3[C@H](C)[C@]4(C(C)(C)O)C[C@H](OC(=O)[C@@H]5OC(c6ccc(OC)cc6OC)N(C(=O)OC(C)(C)C)[C@H]5CC(C)C)C(C)=C4[C@H](C)[C@H](O1)[C@]23C. The highest BCUT2D eigenvalue weighted by Crippen LogP contribution is 2.73. The standard InChI is InChI=1S/C47H69NO11/c1-16-35-56-34-21-33-45(12,23-54-33)38-27(6)47(44(10,11)51)22-32(25(4)36(47)26(5)39(57-35)46(34,38)13)55-41(49)37-30(19-24(2)3)48(42(50)59-43(7,8)9)40(58-37)29-18-17-28(52-14)20-31(29)53-15/h16-18,20,24,26-27,30,32-35,37-40,51H,1,19,21-23H2,2-15H3/t26-,27-,30-,32-,33+,34-,35?,37+,38+,39-,40?,45+,46+,47+/m0/s1. The fraction of sp³-hybridized carbons (Fsp3) is 0.745. The third-order valence-corrected chi connectivity index (χ3v) is 15.1. The van der Waals surface area contributed by atoms with Gasteiger partial charge in [-0.05, 0) is 89.5 Å². The monoisotopic (exact) mass is 823 g/mol. The van der Waals surface area contributed by atoms with E-state index >= 15 is 0 Å². The quantitative estimate of drug-likeness (QED) is 0.191. The van der Waals surface area contributed by atoms with Crippen LogP contribution in [-0.4, -0.2) is 96.9 Å². The van der Waals surface area contributed by atoms with Crippen LogP contribution in [0.4, 0.5) is 4.79 Å². The van der Waals surface area contributed by atoms with Crippen molar-refractivity contribution in [3.8, 4) is 11.5 Å². The Morgan fingerprint density at radius 3 is 2.31 bits per heavy atom. The summed E-state index contributed by atoms with van der Waals surface area (Å²) in [6.45, 7) is 29.1. The molecule has 3 aliphatic carbocycles. The molecular weight excluding hydrogens is 755 g/mol. The van der Waals surface area contributed by atoms with E-state index in [0.29, 0.717) is 36.5 Å². The molecule has 0 spiro atoms. The lowest BCUT2D eigenvalue weighted by Gasteiger charge is -2.68. The van der Waals surface area contributed by atoms with Crippen LogP contribution in [0.25, 0.3) is 0 Å². The molecule has 0 bridgehead atoms. The Kier molecular flexibility index (Phi) is 11.2. The van der Waals surface area contributed by atoms with E-state index in [2.05, 4.69) is 34.3 Å². The first-order chi connectivity index (χ1) is 27.5. The summed E-state index contributed by atoms with van der Waals surface area (Å²) >= 11 is 0. The van der Waals surface area contributed by atoms with E-state index in [1.54, 1.807) is 38.5 Å². The lowest BCUT2D eigenvalue weighted by atomic mass is 9.44. The van der Waals surface area contributed by atoms with E-state index in [4.69, 9.17) is 37.9 Å². The summed E-state index contributed by atoms with van der Waals surface area (Å²) in [5.74, 6) is 0.282. The molecule has 1 aromatic carbocycles. The van der Waals surface area contributed by atoms with Gasteiger partial charge in [-0.1, -0.05) is 53.7 Å². The molecule has 3 saturated heterocycles. The number of carbonyl (C=O) groups excluding carboxylic acids is 2. The summed E-state index contributed by atoms with van der Waals surface area (Å²) in [7, 11) is 3.11. The Bertz CT molecular complexity index is 1850. The summed E-state index contributed by atoms with van der Waals surface area (Å²) in [6.07, 6.45) is -1.14. The zero-order valence-corrected chi connectivity index (χ0v) is 37.8. The largest absolute Gasteiger partial charge is 0.497 e. The second-order valence-electron chi connectivity index (χ2n) is 20.6. The summed E-state index contributed by atoms with van der Waals surface area (Å²) in [6, 6.07) is 4.55. The zero-order chi connectivity index (χ0) is 43.4. The Morgan fingerprint density at radius 1 is 1.05 bits per heavy atom. The number of carbonyl (C=O) groups is 2. The van der Waals surface area contributed by atoms with E-state index in [-0.39, 0.29) is 47.4 Å². The van der Waals surface area contributed by atoms with Crippen LogP contribution in [0.1, 0.15) is 114 Å². The third kappa shape index (κ3) is 6.73. The molecule has 5 fully saturated rings. The first kappa shape index (κ1) is 43.9. The van der Waals surface area contributed by atoms with Crippen molar-refractivity contribution in [2.75, 3.05) is 20.8 Å². The average molecular weight is 824 g/mol. The normalized spacial score (nSPS) is 40.3. The van der Waals surface area contributed by atoms with E-state index < -0.39 is 64.9 Å². The number of esters is 1. The average Bonchev–Trinajstić information content (AvgIpc) is 3.65. The van der Waals surface area contributed by atoms with Crippen molar-refractivity contribution in [2.45, 2.75) is 163 Å². The minimum Gasteiger partial charge on any atom is -0.497 e. The molecule has 6 aliphatic rings. The first-order valence-electron chi connectivity index (χ1n) is 21.6. The van der Waals surface area contributed by atoms with Crippen LogP contribution in [0.15, 0.2) is 42.0 Å². The molecule has 0 radical (unpaired) electrons. The van der Waals surface area contributed by atoms with Gasteiger partial charge in [0.05, 0.1) is 50.8 Å². The van der Waals surface area contributed by atoms with Gasteiger partial charge in [0.1, 0.15) is 23.2 Å². The van der Waals surface area contributed by atoms with Gasteiger partial charge >= 0.3 is 12.1 Å². The second-order valence-corrected chi connectivity index (χ2v) is 20.6. The highest BCUT2D eigenvalue weighted by atomic mass is 16.7. The first-order valence-corrected chi connectivity index (χ1v) is 21.6. The van der Waals surface area contributed by atoms with Crippen molar-refractivity contribution in [1.29, 1.82) is 0 Å². The fourth-order valence-electron chi connectivity index (χ4n) is 12.9. The Labute approximate surface area is 351 Å². The lowest BCUT2D eigenvalue weighted by molar-refractivity contribution is -0.370. The molecule has 328 valence electrons. The molecule has 59 heavy (non-hydrogen) atoms. The number of ether oxygens (including phenoxy) is 8. The van der Waals surface area contributed by atoms with E-state index in [1.165, 1.54) is 4.90 Å². The molecule has 1 aromatic rings. The molecule has 1 N–H and O–H groups in total. The van der Waals surface area contributed by atoms with Crippen molar-refractivity contribution >= 4 is 12.1 Å². The van der Waals surface area contributed by atoms with Crippen molar-refractivity contribution < 1.29 is 52.6 Å². The maximum Gasteiger partial charge on any atom is 0.413 e. The van der Waals surface area contributed by atoms with E-state index in [0.717, 1.165) is 17.6 Å². The van der Waals surface area contributed by atoms with Crippen LogP contribution < -0.4 is 9.47 Å². The van der Waals surface area contributed by atoms with Gasteiger partial charge in [-0.15, -0.1) is 0 Å². The van der Waals surface area contributed by atoms with Crippen LogP contribution in [0, 0.1) is 39.9 Å². The van der Waals surface area contributed by atoms with Crippen molar-refractivity contribution in [1.82, 2.24) is 4.90 Å². The molecule has 12 heteroatoms. The molecule has 0 aromatic heterocycles. The predicted molar refractivity (Wildman–Crippen MR) is 221 cm³/mol. The topological polar surface area (TPSA) is 131 Å². The van der Waals surface area contributed by atoms with Gasteiger partial charge < -0.3 is 43.0 Å². The summed E-state index contributed by atoms with van der Waals surface area (Å²) < 4.78 is 50.5. The van der Waals surface area contributed by atoms with Crippen LogP contribution in [-0.2, 0) is 33.2 Å².